The highest BCUT2D eigenvalue weighted by atomic mass is 35.5. The number of alkyl halides is 3. The van der Waals surface area contributed by atoms with Crippen molar-refractivity contribution in [2.75, 3.05) is 36.8 Å². The number of ether oxygens (including phenoxy) is 1. The van der Waals surface area contributed by atoms with Gasteiger partial charge in [-0.2, -0.15) is 13.2 Å². The van der Waals surface area contributed by atoms with Crippen molar-refractivity contribution in [3.63, 3.8) is 0 Å². The van der Waals surface area contributed by atoms with Crippen LogP contribution in [0.4, 0.5) is 33.9 Å². The number of piperazine rings is 1. The molecule has 3 rings (SSSR count). The second-order valence-corrected chi connectivity index (χ2v) is 7.13. The van der Waals surface area contributed by atoms with Crippen molar-refractivity contribution in [2.24, 2.45) is 0 Å². The number of carbonyl (C=O) groups excluding carboxylic acids is 3. The van der Waals surface area contributed by atoms with E-state index < -0.39 is 46.9 Å². The van der Waals surface area contributed by atoms with Crippen LogP contribution in [0.3, 0.4) is 0 Å². The van der Waals surface area contributed by atoms with Gasteiger partial charge in [0, 0.05) is 38.4 Å². The van der Waals surface area contributed by atoms with Crippen molar-refractivity contribution in [2.45, 2.75) is 6.18 Å². The minimum absolute atomic E-state index is 0.0121. The lowest BCUT2D eigenvalue weighted by Gasteiger charge is -2.28. The van der Waals surface area contributed by atoms with Crippen LogP contribution in [0.15, 0.2) is 30.5 Å². The Morgan fingerprint density at radius 3 is 2.42 bits per heavy atom. The summed E-state index contributed by atoms with van der Waals surface area (Å²) >= 11 is 5.73. The highest BCUT2D eigenvalue weighted by molar-refractivity contribution is 6.30. The zero-order valence-corrected chi connectivity index (χ0v) is 17.4. The molecule has 0 radical (unpaired) electrons. The van der Waals surface area contributed by atoms with Gasteiger partial charge in [-0.3, -0.25) is 4.79 Å². The molecule has 2 heterocycles. The number of amides is 3. The number of aromatic nitrogens is 1. The zero-order valence-electron chi connectivity index (χ0n) is 16.6. The monoisotopic (exact) mass is 489 g/mol. The van der Waals surface area contributed by atoms with Gasteiger partial charge in [-0.15, -0.1) is 0 Å². The fourth-order valence-electron chi connectivity index (χ4n) is 2.82. The third-order valence-corrected chi connectivity index (χ3v) is 4.57. The molecule has 3 amide bonds. The summed E-state index contributed by atoms with van der Waals surface area (Å²) in [5.41, 5.74) is -1.22. The Balaban J connectivity index is 1.98. The predicted octanol–water partition coefficient (Wildman–Crippen LogP) is 3.03. The van der Waals surface area contributed by atoms with Crippen molar-refractivity contribution in [3.05, 3.63) is 46.9 Å². The lowest BCUT2D eigenvalue weighted by Crippen LogP contribution is -2.48. The maximum Gasteiger partial charge on any atom is 0.491 e. The van der Waals surface area contributed by atoms with Crippen LogP contribution in [0.1, 0.15) is 10.4 Å². The quantitative estimate of drug-likeness (QED) is 0.346. The van der Waals surface area contributed by atoms with Crippen molar-refractivity contribution in [1.82, 2.24) is 15.2 Å². The number of anilines is 2. The Kier molecular flexibility index (Phi) is 7.33. The van der Waals surface area contributed by atoms with Gasteiger partial charge in [0.1, 0.15) is 11.6 Å². The standard InChI is InChI=1S/C19H16ClF4N5O4/c20-10-1-2-14(26-9-10)27-16(30)12-7-11(21)8-13(33-17(31)19(22,23)24)15(12)28-18(32)29-5-3-25-4-6-29/h1-2,7-9,25H,3-6H2,(H,28,32)(H,26,27,30). The summed E-state index contributed by atoms with van der Waals surface area (Å²) in [6.07, 6.45) is -4.19. The van der Waals surface area contributed by atoms with Crippen LogP contribution in [0, 0.1) is 5.82 Å². The van der Waals surface area contributed by atoms with Crippen molar-refractivity contribution in [1.29, 1.82) is 0 Å². The number of hydrogen-bond acceptors (Lipinski definition) is 6. The largest absolute Gasteiger partial charge is 0.491 e. The molecule has 1 saturated heterocycles. The van der Waals surface area contributed by atoms with Gasteiger partial charge in [-0.05, 0) is 18.2 Å². The smallest absolute Gasteiger partial charge is 0.417 e. The number of nitrogens with zero attached hydrogens (tertiary/aromatic N) is 2. The van der Waals surface area contributed by atoms with E-state index in [1.54, 1.807) is 0 Å². The van der Waals surface area contributed by atoms with Gasteiger partial charge < -0.3 is 25.6 Å². The maximum absolute atomic E-state index is 14.2. The molecule has 33 heavy (non-hydrogen) atoms. The number of nitrogens with one attached hydrogen (secondary N) is 3. The van der Waals surface area contributed by atoms with Gasteiger partial charge in [0.15, 0.2) is 5.75 Å². The normalized spacial score (nSPS) is 13.9. The molecule has 1 aromatic carbocycles. The van der Waals surface area contributed by atoms with Crippen LogP contribution in [-0.4, -0.2) is 60.1 Å². The van der Waals surface area contributed by atoms with Crippen molar-refractivity contribution in [3.8, 4) is 5.75 Å². The van der Waals surface area contributed by atoms with E-state index >= 15 is 0 Å². The van der Waals surface area contributed by atoms with Crippen LogP contribution in [-0.2, 0) is 4.79 Å². The SMILES string of the molecule is O=C(Nc1ccc(Cl)cn1)c1cc(F)cc(OC(=O)C(F)(F)F)c1NC(=O)N1CCNCC1. The average molecular weight is 490 g/mol. The Hall–Kier alpha value is -3.45. The first-order valence-electron chi connectivity index (χ1n) is 9.36. The lowest BCUT2D eigenvalue weighted by atomic mass is 10.1. The minimum atomic E-state index is -5.40. The van der Waals surface area contributed by atoms with Gasteiger partial charge in [-0.25, -0.2) is 19.0 Å². The van der Waals surface area contributed by atoms with Crippen LogP contribution in [0.25, 0.3) is 0 Å². The third-order valence-electron chi connectivity index (χ3n) is 4.35. The molecule has 1 aliphatic rings. The number of pyridine rings is 1. The second-order valence-electron chi connectivity index (χ2n) is 6.70. The molecule has 14 heteroatoms. The first-order chi connectivity index (χ1) is 15.5. The molecule has 0 unspecified atom stereocenters. The van der Waals surface area contributed by atoms with Crippen molar-refractivity contribution < 1.29 is 36.7 Å². The number of rotatable bonds is 4. The molecule has 0 bridgehead atoms. The number of urea groups is 1. The molecule has 0 spiro atoms. The van der Waals surface area contributed by atoms with E-state index in [1.807, 2.05) is 0 Å². The molecular weight excluding hydrogens is 474 g/mol. The fraction of sp³-hybridized carbons (Fsp3) is 0.263. The molecule has 3 N–H and O–H groups in total. The van der Waals surface area contributed by atoms with Crippen molar-refractivity contribution >= 4 is 41.0 Å². The van der Waals surface area contributed by atoms with Gasteiger partial charge in [0.2, 0.25) is 0 Å². The molecular formula is C19H16ClF4N5O4. The van der Waals surface area contributed by atoms with Gasteiger partial charge >= 0.3 is 18.2 Å². The molecule has 2 aromatic rings. The summed E-state index contributed by atoms with van der Waals surface area (Å²) in [5.74, 6) is -5.88. The molecule has 9 nitrogen and oxygen atoms in total. The maximum atomic E-state index is 14.2. The Labute approximate surface area is 189 Å². The number of benzene rings is 1. The highest BCUT2D eigenvalue weighted by Crippen LogP contribution is 2.33. The predicted molar refractivity (Wildman–Crippen MR) is 109 cm³/mol. The summed E-state index contributed by atoms with van der Waals surface area (Å²) in [4.78, 5) is 41.9. The van der Waals surface area contributed by atoms with E-state index in [0.717, 1.165) is 0 Å². The summed E-state index contributed by atoms with van der Waals surface area (Å²) in [6.45, 7) is 1.45. The lowest BCUT2D eigenvalue weighted by molar-refractivity contribution is -0.189. The van der Waals surface area contributed by atoms with Gasteiger partial charge in [-0.1, -0.05) is 11.6 Å². The van der Waals surface area contributed by atoms with Crippen LogP contribution in [0.5, 0.6) is 5.75 Å². The average Bonchev–Trinajstić information content (AvgIpc) is 2.76. The first kappa shape index (κ1) is 24.2. The van der Waals surface area contributed by atoms with Gasteiger partial charge in [0.05, 0.1) is 16.3 Å². The van der Waals surface area contributed by atoms with E-state index in [9.17, 15) is 31.9 Å². The second kappa shape index (κ2) is 10.0. The minimum Gasteiger partial charge on any atom is -0.417 e. The van der Waals surface area contributed by atoms with E-state index in [4.69, 9.17) is 11.6 Å². The molecule has 0 aliphatic carbocycles. The highest BCUT2D eigenvalue weighted by Gasteiger charge is 2.42. The summed E-state index contributed by atoms with van der Waals surface area (Å²) in [6, 6.07) is 3.06. The summed E-state index contributed by atoms with van der Waals surface area (Å²) < 4.78 is 56.6. The van der Waals surface area contributed by atoms with E-state index in [0.29, 0.717) is 25.2 Å². The molecule has 0 saturated carbocycles. The summed E-state index contributed by atoms with van der Waals surface area (Å²) in [5, 5.41) is 7.84. The van der Waals surface area contributed by atoms with Gasteiger partial charge in [0.25, 0.3) is 5.91 Å². The molecule has 1 aliphatic heterocycles. The van der Waals surface area contributed by atoms with E-state index in [1.165, 1.54) is 23.2 Å². The Morgan fingerprint density at radius 2 is 1.82 bits per heavy atom. The van der Waals surface area contributed by atoms with Crippen LogP contribution < -0.4 is 20.7 Å². The topological polar surface area (TPSA) is 113 Å². The zero-order chi connectivity index (χ0) is 24.2. The first-order valence-corrected chi connectivity index (χ1v) is 9.74. The van der Waals surface area contributed by atoms with E-state index in [2.05, 4.69) is 25.7 Å². The third kappa shape index (κ3) is 6.29. The number of hydrogen-bond donors (Lipinski definition) is 3. The summed E-state index contributed by atoms with van der Waals surface area (Å²) in [7, 11) is 0. The Bertz CT molecular complexity index is 1060. The fourth-order valence-corrected chi connectivity index (χ4v) is 2.93. The number of carbonyl (C=O) groups is 3. The molecule has 176 valence electrons. The van der Waals surface area contributed by atoms with E-state index in [-0.39, 0.29) is 23.9 Å². The molecule has 0 atom stereocenters. The number of halogens is 5. The molecule has 1 fully saturated rings. The van der Waals surface area contributed by atoms with Crippen LogP contribution >= 0.6 is 11.6 Å². The Morgan fingerprint density at radius 1 is 1.12 bits per heavy atom. The number of esters is 1. The van der Waals surface area contributed by atoms with Crippen LogP contribution in [0.2, 0.25) is 5.02 Å². The molecule has 1 aromatic heterocycles.